The number of benzene rings is 2. The molecule has 0 radical (unpaired) electrons. The molecule has 5 heteroatoms. The summed E-state index contributed by atoms with van der Waals surface area (Å²) >= 11 is 10.2. The van der Waals surface area contributed by atoms with E-state index in [9.17, 15) is 10.1 Å². The predicted octanol–water partition coefficient (Wildman–Crippen LogP) is 4.13. The number of nitro benzene ring substituents is 1. The Bertz CT molecular complexity index is 587. The van der Waals surface area contributed by atoms with Crippen LogP contribution in [0.15, 0.2) is 47.4 Å². The summed E-state index contributed by atoms with van der Waals surface area (Å²) in [4.78, 5) is 10.5. The Morgan fingerprint density at radius 1 is 1.17 bits per heavy atom. The van der Waals surface area contributed by atoms with Crippen LogP contribution in [0.4, 0.5) is 5.69 Å². The maximum Gasteiger partial charge on any atom is 0.284 e. The van der Waals surface area contributed by atoms with Crippen LogP contribution in [0.5, 0.6) is 0 Å². The van der Waals surface area contributed by atoms with Crippen molar-refractivity contribution >= 4 is 29.9 Å². The molecule has 0 heterocycles. The van der Waals surface area contributed by atoms with Gasteiger partial charge >= 0.3 is 0 Å². The van der Waals surface area contributed by atoms with Crippen molar-refractivity contribution in [1.82, 2.24) is 0 Å². The molecule has 0 atom stereocenters. The van der Waals surface area contributed by atoms with E-state index in [1.165, 1.54) is 6.07 Å². The van der Waals surface area contributed by atoms with Crippen LogP contribution >= 0.6 is 24.2 Å². The molecule has 2 rings (SSSR count). The smallest absolute Gasteiger partial charge is 0.258 e. The number of halogens is 1. The van der Waals surface area contributed by atoms with E-state index in [0.29, 0.717) is 11.4 Å². The van der Waals surface area contributed by atoms with E-state index in [4.69, 9.17) is 11.6 Å². The highest BCUT2D eigenvalue weighted by Gasteiger charge is 2.16. The van der Waals surface area contributed by atoms with Crippen LogP contribution in [-0.4, -0.2) is 4.92 Å². The summed E-state index contributed by atoms with van der Waals surface area (Å²) in [6.45, 7) is 0. The average Bonchev–Trinajstić information content (AvgIpc) is 2.36. The molecule has 92 valence electrons. The van der Waals surface area contributed by atoms with E-state index >= 15 is 0 Å². The highest BCUT2D eigenvalue weighted by atomic mass is 35.5. The number of nitrogens with zero attached hydrogens (tertiary/aromatic N) is 1. The molecular weight excluding hydrogens is 270 g/mol. The largest absolute Gasteiger partial charge is 0.284 e. The fraction of sp³-hybridized carbons (Fsp3) is 0.0769. The predicted molar refractivity (Wildman–Crippen MR) is 74.6 cm³/mol. The van der Waals surface area contributed by atoms with Crippen molar-refractivity contribution < 1.29 is 4.92 Å². The Morgan fingerprint density at radius 3 is 2.44 bits per heavy atom. The van der Waals surface area contributed by atoms with Gasteiger partial charge in [0.15, 0.2) is 0 Å². The van der Waals surface area contributed by atoms with Crippen molar-refractivity contribution in [3.63, 3.8) is 0 Å². The van der Waals surface area contributed by atoms with Gasteiger partial charge in [0.05, 0.1) is 9.95 Å². The second kappa shape index (κ2) is 5.42. The van der Waals surface area contributed by atoms with E-state index in [2.05, 4.69) is 12.6 Å². The molecule has 18 heavy (non-hydrogen) atoms. The molecule has 3 nitrogen and oxygen atoms in total. The van der Waals surface area contributed by atoms with Crippen molar-refractivity contribution in [2.24, 2.45) is 0 Å². The third-order valence-electron chi connectivity index (χ3n) is 2.61. The SMILES string of the molecule is O=[N+]([O-])c1ccc(Cc2ccccc2)c(Cl)c1S. The minimum absolute atomic E-state index is 0.0693. The van der Waals surface area contributed by atoms with Crippen molar-refractivity contribution in [3.05, 3.63) is 68.7 Å². The fourth-order valence-corrected chi connectivity index (χ4v) is 2.22. The average molecular weight is 280 g/mol. The van der Waals surface area contributed by atoms with Gasteiger partial charge in [-0.25, -0.2) is 0 Å². The Morgan fingerprint density at radius 2 is 1.83 bits per heavy atom. The maximum atomic E-state index is 10.7. The highest BCUT2D eigenvalue weighted by molar-refractivity contribution is 7.80. The van der Waals surface area contributed by atoms with Crippen LogP contribution in [0, 0.1) is 10.1 Å². The molecule has 0 N–H and O–H groups in total. The van der Waals surface area contributed by atoms with Crippen molar-refractivity contribution in [3.8, 4) is 0 Å². The first kappa shape index (κ1) is 12.9. The molecule has 0 bridgehead atoms. The number of thiol groups is 1. The quantitative estimate of drug-likeness (QED) is 0.521. The number of nitro groups is 1. The lowest BCUT2D eigenvalue weighted by molar-refractivity contribution is -0.387. The highest BCUT2D eigenvalue weighted by Crippen LogP contribution is 2.33. The topological polar surface area (TPSA) is 43.1 Å². The van der Waals surface area contributed by atoms with Crippen molar-refractivity contribution in [1.29, 1.82) is 0 Å². The molecule has 0 unspecified atom stereocenters. The van der Waals surface area contributed by atoms with Gasteiger partial charge in [-0.1, -0.05) is 48.0 Å². The Balaban J connectivity index is 2.36. The summed E-state index contributed by atoms with van der Waals surface area (Å²) in [5.41, 5.74) is 1.86. The maximum absolute atomic E-state index is 10.7. The second-order valence-electron chi connectivity index (χ2n) is 3.83. The monoisotopic (exact) mass is 279 g/mol. The van der Waals surface area contributed by atoms with Gasteiger partial charge in [-0.15, -0.1) is 12.6 Å². The Kier molecular flexibility index (Phi) is 3.89. The minimum atomic E-state index is -0.486. The van der Waals surface area contributed by atoms with Crippen LogP contribution in [0.3, 0.4) is 0 Å². The van der Waals surface area contributed by atoms with Gasteiger partial charge in [0, 0.05) is 6.07 Å². The molecule has 0 saturated carbocycles. The van der Waals surface area contributed by atoms with E-state index in [0.717, 1.165) is 11.1 Å². The normalized spacial score (nSPS) is 10.3. The first-order valence-electron chi connectivity index (χ1n) is 5.28. The zero-order valence-electron chi connectivity index (χ0n) is 9.34. The van der Waals surface area contributed by atoms with Crippen LogP contribution in [-0.2, 0) is 6.42 Å². The lowest BCUT2D eigenvalue weighted by atomic mass is 10.0. The molecule has 0 saturated heterocycles. The molecule has 0 aromatic heterocycles. The molecule has 0 amide bonds. The van der Waals surface area contributed by atoms with E-state index in [1.54, 1.807) is 6.07 Å². The van der Waals surface area contributed by atoms with Gasteiger partial charge < -0.3 is 0 Å². The number of rotatable bonds is 3. The summed E-state index contributed by atoms with van der Waals surface area (Å²) in [6, 6.07) is 12.9. The molecule has 0 aliphatic rings. The third kappa shape index (κ3) is 2.66. The van der Waals surface area contributed by atoms with Gasteiger partial charge in [0.1, 0.15) is 4.90 Å². The van der Waals surface area contributed by atoms with E-state index < -0.39 is 4.92 Å². The van der Waals surface area contributed by atoms with Gasteiger partial charge in [-0.05, 0) is 17.5 Å². The zero-order valence-corrected chi connectivity index (χ0v) is 11.0. The van der Waals surface area contributed by atoms with Crippen LogP contribution in [0.1, 0.15) is 11.1 Å². The summed E-state index contributed by atoms with van der Waals surface area (Å²) in [6.07, 6.45) is 0.630. The molecule has 0 spiro atoms. The standard InChI is InChI=1S/C13H10ClNO2S/c14-12-10(8-9-4-2-1-3-5-9)6-7-11(13(12)18)15(16)17/h1-7,18H,8H2. The van der Waals surface area contributed by atoms with Crippen LogP contribution in [0.25, 0.3) is 0 Å². The Hall–Kier alpha value is -1.52. The van der Waals surface area contributed by atoms with Crippen molar-refractivity contribution in [2.75, 3.05) is 0 Å². The molecule has 0 fully saturated rings. The van der Waals surface area contributed by atoms with Gasteiger partial charge in [-0.2, -0.15) is 0 Å². The summed E-state index contributed by atoms with van der Waals surface area (Å²) < 4.78 is 0. The molecule has 0 aliphatic heterocycles. The van der Waals surface area contributed by atoms with Crippen molar-refractivity contribution in [2.45, 2.75) is 11.3 Å². The lowest BCUT2D eigenvalue weighted by Gasteiger charge is -2.07. The lowest BCUT2D eigenvalue weighted by Crippen LogP contribution is -1.95. The molecule has 2 aromatic carbocycles. The second-order valence-corrected chi connectivity index (χ2v) is 4.65. The van der Waals surface area contributed by atoms with Gasteiger partial charge in [-0.3, -0.25) is 10.1 Å². The zero-order chi connectivity index (χ0) is 13.1. The fourth-order valence-electron chi connectivity index (χ4n) is 1.70. The Labute approximate surface area is 115 Å². The van der Waals surface area contributed by atoms with Gasteiger partial charge in [0.2, 0.25) is 0 Å². The van der Waals surface area contributed by atoms with Crippen LogP contribution in [0.2, 0.25) is 5.02 Å². The van der Waals surface area contributed by atoms with E-state index in [1.807, 2.05) is 30.3 Å². The number of hydrogen-bond donors (Lipinski definition) is 1. The molecule has 2 aromatic rings. The summed E-state index contributed by atoms with van der Waals surface area (Å²) in [5, 5.41) is 11.1. The molecular formula is C13H10ClNO2S. The molecule has 0 aliphatic carbocycles. The minimum Gasteiger partial charge on any atom is -0.258 e. The van der Waals surface area contributed by atoms with Gasteiger partial charge in [0.25, 0.3) is 5.69 Å². The third-order valence-corrected chi connectivity index (χ3v) is 3.63. The summed E-state index contributed by atoms with van der Waals surface area (Å²) in [7, 11) is 0. The van der Waals surface area contributed by atoms with Crippen LogP contribution < -0.4 is 0 Å². The summed E-state index contributed by atoms with van der Waals surface area (Å²) in [5.74, 6) is 0. The van der Waals surface area contributed by atoms with E-state index in [-0.39, 0.29) is 10.6 Å². The number of hydrogen-bond acceptors (Lipinski definition) is 3. The first-order valence-corrected chi connectivity index (χ1v) is 6.10. The first-order chi connectivity index (χ1) is 8.59.